The first-order valence-corrected chi connectivity index (χ1v) is 11.3. The van der Waals surface area contributed by atoms with E-state index in [0.717, 1.165) is 33.6 Å². The maximum atomic E-state index is 13.5. The van der Waals surface area contributed by atoms with Gasteiger partial charge < -0.3 is 4.74 Å². The van der Waals surface area contributed by atoms with Crippen molar-refractivity contribution in [2.45, 2.75) is 40.5 Å². The van der Waals surface area contributed by atoms with Crippen molar-refractivity contribution in [3.05, 3.63) is 93.3 Å². The number of rotatable bonds is 6. The van der Waals surface area contributed by atoms with Crippen LogP contribution >= 0.6 is 0 Å². The summed E-state index contributed by atoms with van der Waals surface area (Å²) in [5.74, 6) is 1.64. The highest BCUT2D eigenvalue weighted by molar-refractivity contribution is 5.83. The second-order valence-corrected chi connectivity index (χ2v) is 8.46. The Balaban J connectivity index is 1.99. The Labute approximate surface area is 194 Å². The van der Waals surface area contributed by atoms with Gasteiger partial charge in [0.1, 0.15) is 5.75 Å². The molecule has 1 heterocycles. The number of ether oxygens (including phenoxy) is 1. The van der Waals surface area contributed by atoms with E-state index < -0.39 is 0 Å². The average molecular weight is 440 g/mol. The van der Waals surface area contributed by atoms with Gasteiger partial charge in [-0.3, -0.25) is 4.79 Å². The lowest BCUT2D eigenvalue weighted by Gasteiger charge is -2.18. The third kappa shape index (κ3) is 4.44. The van der Waals surface area contributed by atoms with Crippen LogP contribution in [0, 0.1) is 13.8 Å². The zero-order chi connectivity index (χ0) is 23.5. The van der Waals surface area contributed by atoms with Crippen LogP contribution in [0.15, 0.2) is 70.6 Å². The molecule has 0 aliphatic rings. The molecule has 0 radical (unpaired) electrons. The van der Waals surface area contributed by atoms with Crippen LogP contribution in [0.3, 0.4) is 0 Å². The number of nitrogens with zero attached hydrogens (tertiary/aromatic N) is 3. The van der Waals surface area contributed by atoms with Crippen LogP contribution in [0.25, 0.3) is 22.3 Å². The molecular formula is C28H29N3O2. The maximum absolute atomic E-state index is 13.5. The Morgan fingerprint density at radius 1 is 1.03 bits per heavy atom. The first kappa shape index (κ1) is 22.5. The predicted octanol–water partition coefficient (Wildman–Crippen LogP) is 6.08. The molecule has 0 amide bonds. The van der Waals surface area contributed by atoms with Crippen molar-refractivity contribution in [1.82, 2.24) is 9.66 Å². The molecule has 0 bridgehead atoms. The summed E-state index contributed by atoms with van der Waals surface area (Å²) in [7, 11) is 0. The highest BCUT2D eigenvalue weighted by Gasteiger charge is 2.18. The van der Waals surface area contributed by atoms with E-state index in [1.807, 2.05) is 69.3 Å². The zero-order valence-electron chi connectivity index (χ0n) is 19.8. The molecule has 0 unspecified atom stereocenters. The second kappa shape index (κ2) is 9.41. The highest BCUT2D eigenvalue weighted by atomic mass is 16.5. The van der Waals surface area contributed by atoms with Crippen molar-refractivity contribution in [1.29, 1.82) is 0 Å². The molecule has 0 fully saturated rings. The molecule has 33 heavy (non-hydrogen) atoms. The molecular weight excluding hydrogens is 410 g/mol. The van der Waals surface area contributed by atoms with Gasteiger partial charge in [-0.25, -0.2) is 4.98 Å². The quantitative estimate of drug-likeness (QED) is 0.342. The minimum atomic E-state index is -0.195. The summed E-state index contributed by atoms with van der Waals surface area (Å²) in [4.78, 5) is 18.4. The van der Waals surface area contributed by atoms with Gasteiger partial charge >= 0.3 is 0 Å². The van der Waals surface area contributed by atoms with E-state index in [2.05, 4.69) is 25.0 Å². The van der Waals surface area contributed by atoms with Crippen LogP contribution in [0.5, 0.6) is 5.75 Å². The molecule has 1 aromatic heterocycles. The lowest BCUT2D eigenvalue weighted by molar-refractivity contribution is 0.335. The third-order valence-electron chi connectivity index (χ3n) is 5.77. The van der Waals surface area contributed by atoms with Crippen LogP contribution in [0.4, 0.5) is 0 Å². The van der Waals surface area contributed by atoms with Gasteiger partial charge in [0.15, 0.2) is 5.82 Å². The molecule has 168 valence electrons. The number of para-hydroxylation sites is 1. The Hall–Kier alpha value is -3.73. The van der Waals surface area contributed by atoms with Crippen molar-refractivity contribution >= 4 is 17.1 Å². The summed E-state index contributed by atoms with van der Waals surface area (Å²) >= 11 is 0. The molecule has 5 heteroatoms. The largest absolute Gasteiger partial charge is 0.494 e. The van der Waals surface area contributed by atoms with E-state index in [4.69, 9.17) is 9.72 Å². The normalized spacial score (nSPS) is 11.6. The lowest BCUT2D eigenvalue weighted by Crippen LogP contribution is -2.21. The molecule has 3 aromatic carbocycles. The Kier molecular flexibility index (Phi) is 6.40. The van der Waals surface area contributed by atoms with Crippen molar-refractivity contribution in [2.24, 2.45) is 5.10 Å². The first-order chi connectivity index (χ1) is 15.9. The van der Waals surface area contributed by atoms with Crippen LogP contribution < -0.4 is 10.3 Å². The van der Waals surface area contributed by atoms with Gasteiger partial charge in [-0.15, -0.1) is 0 Å². The number of aryl methyl sites for hydroxylation is 2. The van der Waals surface area contributed by atoms with Gasteiger partial charge in [-0.1, -0.05) is 50.2 Å². The van der Waals surface area contributed by atoms with E-state index in [0.29, 0.717) is 23.3 Å². The second-order valence-electron chi connectivity index (χ2n) is 8.46. The SMILES string of the molecule is CCOc1cc(C)c(-c2nc3ccccc3c(=O)n2N=Cc2ccccc2C)cc1C(C)C. The molecule has 0 aliphatic heterocycles. The summed E-state index contributed by atoms with van der Waals surface area (Å²) in [6, 6.07) is 19.5. The number of fused-ring (bicyclic) bond motifs is 1. The summed E-state index contributed by atoms with van der Waals surface area (Å²) in [6.07, 6.45) is 1.73. The fraction of sp³-hybridized carbons (Fsp3) is 0.250. The lowest BCUT2D eigenvalue weighted by atomic mass is 9.96. The Morgan fingerprint density at radius 3 is 2.48 bits per heavy atom. The van der Waals surface area contributed by atoms with Gasteiger partial charge in [0.05, 0.1) is 23.7 Å². The van der Waals surface area contributed by atoms with Gasteiger partial charge in [0, 0.05) is 5.56 Å². The molecule has 5 nitrogen and oxygen atoms in total. The summed E-state index contributed by atoms with van der Waals surface area (Å²) < 4.78 is 7.31. The molecule has 0 N–H and O–H groups in total. The van der Waals surface area contributed by atoms with Crippen molar-refractivity contribution in [2.75, 3.05) is 6.61 Å². The van der Waals surface area contributed by atoms with Gasteiger partial charge in [-0.2, -0.15) is 9.78 Å². The minimum Gasteiger partial charge on any atom is -0.494 e. The predicted molar refractivity (Wildman–Crippen MR) is 136 cm³/mol. The van der Waals surface area contributed by atoms with E-state index in [1.54, 1.807) is 12.3 Å². The molecule has 0 spiro atoms. The average Bonchev–Trinajstić information content (AvgIpc) is 2.79. The summed E-state index contributed by atoms with van der Waals surface area (Å²) in [6.45, 7) is 10.9. The van der Waals surface area contributed by atoms with E-state index >= 15 is 0 Å². The molecule has 0 aliphatic carbocycles. The summed E-state index contributed by atoms with van der Waals surface area (Å²) in [5, 5.41) is 5.16. The van der Waals surface area contributed by atoms with Crippen molar-refractivity contribution < 1.29 is 4.74 Å². The van der Waals surface area contributed by atoms with Gasteiger partial charge in [0.2, 0.25) is 0 Å². The van der Waals surface area contributed by atoms with Crippen LogP contribution in [0.2, 0.25) is 0 Å². The van der Waals surface area contributed by atoms with Crippen molar-refractivity contribution in [3.8, 4) is 17.1 Å². The van der Waals surface area contributed by atoms with Crippen LogP contribution in [-0.4, -0.2) is 22.5 Å². The number of benzene rings is 3. The molecule has 4 rings (SSSR count). The maximum Gasteiger partial charge on any atom is 0.282 e. The standard InChI is InChI=1S/C28H29N3O2/c1-6-33-26-15-20(5)24(16-23(26)18(2)3)27-30-25-14-10-9-13-22(25)28(32)31(27)29-17-21-12-8-7-11-19(21)4/h7-18H,6H2,1-5H3. The van der Waals surface area contributed by atoms with E-state index in [9.17, 15) is 4.79 Å². The summed E-state index contributed by atoms with van der Waals surface area (Å²) in [5.41, 5.74) is 5.42. The topological polar surface area (TPSA) is 56.5 Å². The Bertz CT molecular complexity index is 1400. The number of hydrogen-bond acceptors (Lipinski definition) is 4. The molecule has 0 saturated heterocycles. The minimum absolute atomic E-state index is 0.195. The fourth-order valence-electron chi connectivity index (χ4n) is 3.93. The molecule has 0 atom stereocenters. The highest BCUT2D eigenvalue weighted by Crippen LogP contribution is 2.34. The smallest absolute Gasteiger partial charge is 0.282 e. The number of hydrogen-bond donors (Lipinski definition) is 0. The fourth-order valence-corrected chi connectivity index (χ4v) is 3.93. The Morgan fingerprint density at radius 2 is 1.76 bits per heavy atom. The monoisotopic (exact) mass is 439 g/mol. The number of aromatic nitrogens is 2. The van der Waals surface area contributed by atoms with Gasteiger partial charge in [0.25, 0.3) is 5.56 Å². The van der Waals surface area contributed by atoms with Crippen LogP contribution in [0.1, 0.15) is 48.9 Å². The first-order valence-electron chi connectivity index (χ1n) is 11.3. The van der Waals surface area contributed by atoms with Crippen LogP contribution in [-0.2, 0) is 0 Å². The van der Waals surface area contributed by atoms with Crippen molar-refractivity contribution in [3.63, 3.8) is 0 Å². The molecule has 4 aromatic rings. The van der Waals surface area contributed by atoms with Gasteiger partial charge in [-0.05, 0) is 73.2 Å². The molecule has 0 saturated carbocycles. The van der Waals surface area contributed by atoms with E-state index in [-0.39, 0.29) is 11.5 Å². The zero-order valence-corrected chi connectivity index (χ0v) is 19.8. The van der Waals surface area contributed by atoms with E-state index in [1.165, 1.54) is 4.68 Å². The third-order valence-corrected chi connectivity index (χ3v) is 5.77.